The molecule has 0 radical (unpaired) electrons. The first kappa shape index (κ1) is 24.4. The molecule has 32 heavy (non-hydrogen) atoms. The number of nitrogens with zero attached hydrogens (tertiary/aromatic N) is 1. The van der Waals surface area contributed by atoms with E-state index in [2.05, 4.69) is 5.32 Å². The van der Waals surface area contributed by atoms with Gasteiger partial charge in [0.25, 0.3) is 10.0 Å². The van der Waals surface area contributed by atoms with E-state index in [1.807, 2.05) is 0 Å². The van der Waals surface area contributed by atoms with Crippen LogP contribution in [0.3, 0.4) is 0 Å². The number of carbonyl (C=O) groups excluding carboxylic acids is 1. The molecule has 1 amide bonds. The molecule has 2 aromatic carbocycles. The van der Waals surface area contributed by atoms with E-state index in [4.69, 9.17) is 21.1 Å². The largest absolute Gasteiger partial charge is 0.497 e. The van der Waals surface area contributed by atoms with E-state index in [0.29, 0.717) is 42.1 Å². The van der Waals surface area contributed by atoms with Crippen molar-refractivity contribution in [3.05, 3.63) is 53.6 Å². The summed E-state index contributed by atoms with van der Waals surface area (Å²) in [6.07, 6.45) is 5.63. The number of rotatable bonds is 11. The quantitative estimate of drug-likeness (QED) is 0.491. The first-order valence-corrected chi connectivity index (χ1v) is 12.5. The van der Waals surface area contributed by atoms with Crippen LogP contribution in [0, 0.1) is 0 Å². The third-order valence-corrected chi connectivity index (χ3v) is 7.35. The first-order valence-electron chi connectivity index (χ1n) is 10.7. The molecule has 7 nitrogen and oxygen atoms in total. The van der Waals surface area contributed by atoms with Gasteiger partial charge < -0.3 is 14.8 Å². The second-order valence-corrected chi connectivity index (χ2v) is 9.95. The lowest BCUT2D eigenvalue weighted by molar-refractivity contribution is -0.119. The molecule has 0 spiro atoms. The zero-order chi connectivity index (χ0) is 23.0. The number of hydrogen-bond acceptors (Lipinski definition) is 5. The summed E-state index contributed by atoms with van der Waals surface area (Å²) in [5, 5.41) is 3.16. The highest BCUT2D eigenvalue weighted by Gasteiger charge is 2.27. The number of halogens is 1. The van der Waals surface area contributed by atoms with Crippen LogP contribution in [0.4, 0.5) is 5.69 Å². The molecule has 9 heteroatoms. The van der Waals surface area contributed by atoms with E-state index in [0.717, 1.165) is 17.1 Å². The maximum Gasteiger partial charge on any atom is 0.264 e. The van der Waals surface area contributed by atoms with Crippen molar-refractivity contribution in [3.8, 4) is 5.75 Å². The minimum atomic E-state index is -4.00. The van der Waals surface area contributed by atoms with Gasteiger partial charge >= 0.3 is 0 Å². The van der Waals surface area contributed by atoms with Crippen molar-refractivity contribution in [2.45, 2.75) is 43.1 Å². The molecule has 3 rings (SSSR count). The molecule has 2 aromatic rings. The lowest BCUT2D eigenvalue weighted by atomic mass is 10.3. The molecule has 174 valence electrons. The SMILES string of the molecule is COc1ccc(S(=O)(=O)N(CC(=O)NCCCOC2CCCC2)c2cccc(Cl)c2)cc1. The highest BCUT2D eigenvalue weighted by molar-refractivity contribution is 7.92. The van der Waals surface area contributed by atoms with Crippen LogP contribution in [0.15, 0.2) is 53.4 Å². The second-order valence-electron chi connectivity index (χ2n) is 7.65. The number of carbonyl (C=O) groups is 1. The number of nitrogens with one attached hydrogen (secondary N) is 1. The summed E-state index contributed by atoms with van der Waals surface area (Å²) in [5.74, 6) is 0.138. The van der Waals surface area contributed by atoms with Crippen LogP contribution in [0.2, 0.25) is 5.02 Å². The number of anilines is 1. The molecule has 0 bridgehead atoms. The Morgan fingerprint density at radius 1 is 1.16 bits per heavy atom. The summed E-state index contributed by atoms with van der Waals surface area (Å²) < 4.78 is 38.7. The highest BCUT2D eigenvalue weighted by atomic mass is 35.5. The van der Waals surface area contributed by atoms with Gasteiger partial charge in [0.2, 0.25) is 5.91 Å². The van der Waals surface area contributed by atoms with Crippen molar-refractivity contribution in [2.24, 2.45) is 0 Å². The summed E-state index contributed by atoms with van der Waals surface area (Å²) >= 11 is 6.08. The maximum atomic E-state index is 13.3. The van der Waals surface area contributed by atoms with Crippen molar-refractivity contribution in [1.82, 2.24) is 5.32 Å². The fourth-order valence-electron chi connectivity index (χ4n) is 3.61. The molecule has 0 atom stereocenters. The number of ether oxygens (including phenoxy) is 2. The Bertz CT molecular complexity index is 992. The molecular formula is C23H29ClN2O5S. The Balaban J connectivity index is 1.66. The normalized spacial score (nSPS) is 14.3. The minimum absolute atomic E-state index is 0.0519. The van der Waals surface area contributed by atoms with Crippen LogP contribution in [0.25, 0.3) is 0 Å². The van der Waals surface area contributed by atoms with E-state index in [9.17, 15) is 13.2 Å². The standard InChI is InChI=1S/C23H29ClN2O5S/c1-30-20-10-12-22(13-11-20)32(28,29)26(19-7-4-6-18(24)16-19)17-23(27)25-14-5-15-31-21-8-2-3-9-21/h4,6-7,10-13,16,21H,2-3,5,8-9,14-15,17H2,1H3,(H,25,27). The second kappa shape index (κ2) is 11.5. The van der Waals surface area contributed by atoms with E-state index in [1.54, 1.807) is 30.3 Å². The summed E-state index contributed by atoms with van der Waals surface area (Å²) in [7, 11) is -2.50. The van der Waals surface area contributed by atoms with E-state index < -0.39 is 15.9 Å². The van der Waals surface area contributed by atoms with Crippen LogP contribution < -0.4 is 14.4 Å². The van der Waals surface area contributed by atoms with Gasteiger partial charge in [0.15, 0.2) is 0 Å². The summed E-state index contributed by atoms with van der Waals surface area (Å²) in [6, 6.07) is 12.4. The number of amides is 1. The Morgan fingerprint density at radius 2 is 1.88 bits per heavy atom. The smallest absolute Gasteiger partial charge is 0.264 e. The van der Waals surface area contributed by atoms with Gasteiger partial charge in [-0.3, -0.25) is 9.10 Å². The topological polar surface area (TPSA) is 84.9 Å². The molecule has 1 aliphatic rings. The molecule has 0 aromatic heterocycles. The predicted molar refractivity (Wildman–Crippen MR) is 125 cm³/mol. The molecule has 1 saturated carbocycles. The lowest BCUT2D eigenvalue weighted by Crippen LogP contribution is -2.41. The van der Waals surface area contributed by atoms with Gasteiger partial charge in [-0.15, -0.1) is 0 Å². The highest BCUT2D eigenvalue weighted by Crippen LogP contribution is 2.27. The number of sulfonamides is 1. The summed E-state index contributed by atoms with van der Waals surface area (Å²) in [6.45, 7) is 0.628. The van der Waals surface area contributed by atoms with Crippen molar-refractivity contribution < 1.29 is 22.7 Å². The van der Waals surface area contributed by atoms with Gasteiger partial charge in [-0.05, 0) is 61.7 Å². The monoisotopic (exact) mass is 480 g/mol. The van der Waals surface area contributed by atoms with Crippen LogP contribution in [0.1, 0.15) is 32.1 Å². The average Bonchev–Trinajstić information content (AvgIpc) is 3.30. The van der Waals surface area contributed by atoms with Gasteiger partial charge in [-0.2, -0.15) is 0 Å². The number of methoxy groups -OCH3 is 1. The molecule has 1 N–H and O–H groups in total. The van der Waals surface area contributed by atoms with E-state index >= 15 is 0 Å². The summed E-state index contributed by atoms with van der Waals surface area (Å²) in [5.41, 5.74) is 0.313. The third-order valence-electron chi connectivity index (χ3n) is 5.33. The molecular weight excluding hydrogens is 452 g/mol. The Kier molecular flexibility index (Phi) is 8.78. The number of benzene rings is 2. The van der Waals surface area contributed by atoms with Gasteiger partial charge in [-0.25, -0.2) is 8.42 Å². The van der Waals surface area contributed by atoms with E-state index in [1.165, 1.54) is 38.2 Å². The maximum absolute atomic E-state index is 13.3. The van der Waals surface area contributed by atoms with Gasteiger partial charge in [0.05, 0.1) is 23.8 Å². The molecule has 0 aliphatic heterocycles. The zero-order valence-corrected chi connectivity index (χ0v) is 19.7. The van der Waals surface area contributed by atoms with Gasteiger partial charge in [-0.1, -0.05) is 30.5 Å². The first-order chi connectivity index (χ1) is 15.4. The fraction of sp³-hybridized carbons (Fsp3) is 0.435. The Hall–Kier alpha value is -2.29. The molecule has 0 saturated heterocycles. The van der Waals surface area contributed by atoms with Gasteiger partial charge in [0.1, 0.15) is 12.3 Å². The molecule has 0 heterocycles. The van der Waals surface area contributed by atoms with Crippen molar-refractivity contribution in [1.29, 1.82) is 0 Å². The Morgan fingerprint density at radius 3 is 2.53 bits per heavy atom. The van der Waals surface area contributed by atoms with Crippen LogP contribution >= 0.6 is 11.6 Å². The number of hydrogen-bond donors (Lipinski definition) is 1. The van der Waals surface area contributed by atoms with Crippen LogP contribution in [0.5, 0.6) is 5.75 Å². The van der Waals surface area contributed by atoms with Crippen LogP contribution in [-0.4, -0.2) is 47.2 Å². The van der Waals surface area contributed by atoms with Crippen molar-refractivity contribution in [3.63, 3.8) is 0 Å². The molecule has 0 unspecified atom stereocenters. The van der Waals surface area contributed by atoms with E-state index in [-0.39, 0.29) is 11.4 Å². The van der Waals surface area contributed by atoms with Crippen molar-refractivity contribution >= 4 is 33.2 Å². The van der Waals surface area contributed by atoms with Gasteiger partial charge in [0, 0.05) is 18.2 Å². The van der Waals surface area contributed by atoms with Crippen LogP contribution in [-0.2, 0) is 19.6 Å². The third kappa shape index (κ3) is 6.60. The zero-order valence-electron chi connectivity index (χ0n) is 18.1. The average molecular weight is 481 g/mol. The minimum Gasteiger partial charge on any atom is -0.497 e. The fourth-order valence-corrected chi connectivity index (χ4v) is 5.21. The summed E-state index contributed by atoms with van der Waals surface area (Å²) in [4.78, 5) is 12.7. The van der Waals surface area contributed by atoms with Crippen molar-refractivity contribution in [2.75, 3.05) is 31.1 Å². The molecule has 1 fully saturated rings. The predicted octanol–water partition coefficient (Wildman–Crippen LogP) is 4.01. The molecule has 1 aliphatic carbocycles. The lowest BCUT2D eigenvalue weighted by Gasteiger charge is -2.24. The Labute approximate surface area is 194 Å².